The second-order valence-electron chi connectivity index (χ2n) is 5.48. The number of hydrogen-bond acceptors (Lipinski definition) is 5. The van der Waals surface area contributed by atoms with Crippen LogP contribution >= 0.6 is 15.9 Å². The van der Waals surface area contributed by atoms with Gasteiger partial charge in [-0.2, -0.15) is 5.26 Å². The average Bonchev–Trinajstić information content (AvgIpc) is 2.67. The van der Waals surface area contributed by atoms with Crippen LogP contribution in [0, 0.1) is 11.3 Å². The molecule has 0 saturated carbocycles. The normalized spacial score (nSPS) is 10.7. The van der Waals surface area contributed by atoms with E-state index in [9.17, 15) is 14.9 Å². The van der Waals surface area contributed by atoms with Gasteiger partial charge in [0.05, 0.1) is 23.8 Å². The van der Waals surface area contributed by atoms with Crippen LogP contribution < -0.4 is 14.8 Å². The standard InChI is InChI=1S/C20H17BrN2O5/c1-3-28-18-16(21)8-12(9-17(18)27-2)7-14(11-22)19(24)23-15-6-4-5-13(10-15)20(25)26/h4-10H,3H2,1-2H3,(H,23,24)(H,25,26)/b14-7-. The molecule has 0 fully saturated rings. The van der Waals surface area contributed by atoms with Crippen LogP contribution in [-0.4, -0.2) is 30.7 Å². The van der Waals surface area contributed by atoms with Crippen molar-refractivity contribution in [2.45, 2.75) is 6.92 Å². The van der Waals surface area contributed by atoms with Crippen molar-refractivity contribution in [1.82, 2.24) is 0 Å². The highest BCUT2D eigenvalue weighted by molar-refractivity contribution is 9.10. The van der Waals surface area contributed by atoms with Crippen molar-refractivity contribution in [2.24, 2.45) is 0 Å². The monoisotopic (exact) mass is 444 g/mol. The van der Waals surface area contributed by atoms with E-state index in [1.807, 2.05) is 13.0 Å². The number of anilines is 1. The van der Waals surface area contributed by atoms with E-state index >= 15 is 0 Å². The minimum Gasteiger partial charge on any atom is -0.493 e. The Kier molecular flexibility index (Phi) is 7.18. The van der Waals surface area contributed by atoms with Crippen molar-refractivity contribution in [3.05, 3.63) is 57.6 Å². The number of carboxylic acids is 1. The zero-order valence-corrected chi connectivity index (χ0v) is 16.7. The van der Waals surface area contributed by atoms with Gasteiger partial charge in [0.25, 0.3) is 5.91 Å². The number of amides is 1. The Bertz CT molecular complexity index is 979. The number of carbonyl (C=O) groups excluding carboxylic acids is 1. The zero-order valence-electron chi connectivity index (χ0n) is 15.2. The fraction of sp³-hybridized carbons (Fsp3) is 0.150. The van der Waals surface area contributed by atoms with Crippen LogP contribution in [0.15, 0.2) is 46.4 Å². The Morgan fingerprint density at radius 2 is 2.07 bits per heavy atom. The van der Waals surface area contributed by atoms with Gasteiger partial charge >= 0.3 is 5.97 Å². The molecule has 0 saturated heterocycles. The first kappa shape index (κ1) is 21.0. The van der Waals surface area contributed by atoms with Crippen molar-refractivity contribution in [3.8, 4) is 17.6 Å². The molecule has 0 aromatic heterocycles. The van der Waals surface area contributed by atoms with Gasteiger partial charge < -0.3 is 19.9 Å². The molecule has 0 heterocycles. The SMILES string of the molecule is CCOc1c(Br)cc(/C=C(/C#N)C(=O)Nc2cccc(C(=O)O)c2)cc1OC. The van der Waals surface area contributed by atoms with Gasteiger partial charge in [-0.3, -0.25) is 4.79 Å². The number of nitrogens with zero attached hydrogens (tertiary/aromatic N) is 1. The molecule has 0 spiro atoms. The number of ether oxygens (including phenoxy) is 2. The third-order valence-corrected chi connectivity index (χ3v) is 4.17. The van der Waals surface area contributed by atoms with Gasteiger partial charge in [0.1, 0.15) is 11.6 Å². The van der Waals surface area contributed by atoms with Gasteiger partial charge in [-0.05, 0) is 64.8 Å². The molecule has 7 nitrogen and oxygen atoms in total. The molecule has 0 aliphatic heterocycles. The molecule has 0 aliphatic rings. The molecular formula is C20H17BrN2O5. The second kappa shape index (κ2) is 9.58. The highest BCUT2D eigenvalue weighted by Crippen LogP contribution is 2.37. The van der Waals surface area contributed by atoms with Crippen LogP contribution in [0.25, 0.3) is 6.08 Å². The molecule has 0 aliphatic carbocycles. The van der Waals surface area contributed by atoms with Crippen molar-refractivity contribution >= 4 is 39.6 Å². The smallest absolute Gasteiger partial charge is 0.335 e. The maximum Gasteiger partial charge on any atom is 0.335 e. The van der Waals surface area contributed by atoms with Crippen molar-refractivity contribution in [3.63, 3.8) is 0 Å². The highest BCUT2D eigenvalue weighted by atomic mass is 79.9. The van der Waals surface area contributed by atoms with Gasteiger partial charge in [-0.25, -0.2) is 4.79 Å². The summed E-state index contributed by atoms with van der Waals surface area (Å²) < 4.78 is 11.4. The lowest BCUT2D eigenvalue weighted by Gasteiger charge is -2.12. The number of nitriles is 1. The summed E-state index contributed by atoms with van der Waals surface area (Å²) in [6.45, 7) is 2.29. The van der Waals surface area contributed by atoms with Crippen LogP contribution in [0.4, 0.5) is 5.69 Å². The number of benzene rings is 2. The van der Waals surface area contributed by atoms with Crippen LogP contribution in [-0.2, 0) is 4.79 Å². The van der Waals surface area contributed by atoms with Crippen molar-refractivity contribution < 1.29 is 24.2 Å². The van der Waals surface area contributed by atoms with Crippen LogP contribution in [0.2, 0.25) is 0 Å². The Morgan fingerprint density at radius 3 is 2.68 bits per heavy atom. The van der Waals surface area contributed by atoms with Crippen LogP contribution in [0.1, 0.15) is 22.8 Å². The summed E-state index contributed by atoms with van der Waals surface area (Å²) >= 11 is 3.39. The highest BCUT2D eigenvalue weighted by Gasteiger charge is 2.14. The number of rotatable bonds is 7. The number of carbonyl (C=O) groups is 2. The average molecular weight is 445 g/mol. The fourth-order valence-electron chi connectivity index (χ4n) is 2.35. The molecule has 2 N–H and O–H groups in total. The number of halogens is 1. The van der Waals surface area contributed by atoms with E-state index < -0.39 is 11.9 Å². The fourth-order valence-corrected chi connectivity index (χ4v) is 2.93. The van der Waals surface area contributed by atoms with E-state index in [1.165, 1.54) is 37.5 Å². The molecule has 144 valence electrons. The van der Waals surface area contributed by atoms with Crippen LogP contribution in [0.3, 0.4) is 0 Å². The first-order valence-electron chi connectivity index (χ1n) is 8.16. The predicted octanol–water partition coefficient (Wildman–Crippen LogP) is 4.10. The number of methoxy groups -OCH3 is 1. The van der Waals surface area contributed by atoms with Crippen molar-refractivity contribution in [1.29, 1.82) is 5.26 Å². The summed E-state index contributed by atoms with van der Waals surface area (Å²) in [6, 6.07) is 10.9. The molecule has 1 amide bonds. The Labute approximate surface area is 170 Å². The summed E-state index contributed by atoms with van der Waals surface area (Å²) in [5.74, 6) is -0.794. The summed E-state index contributed by atoms with van der Waals surface area (Å²) in [4.78, 5) is 23.5. The topological polar surface area (TPSA) is 109 Å². The molecule has 2 rings (SSSR count). The zero-order chi connectivity index (χ0) is 20.7. The largest absolute Gasteiger partial charge is 0.493 e. The van der Waals surface area contributed by atoms with Gasteiger partial charge in [-0.15, -0.1) is 0 Å². The van der Waals surface area contributed by atoms with E-state index in [-0.39, 0.29) is 16.8 Å². The van der Waals surface area contributed by atoms with E-state index in [0.717, 1.165) is 0 Å². The predicted molar refractivity (Wildman–Crippen MR) is 107 cm³/mol. The Morgan fingerprint density at radius 1 is 1.32 bits per heavy atom. The quantitative estimate of drug-likeness (QED) is 0.491. The van der Waals surface area contributed by atoms with Crippen LogP contribution in [0.5, 0.6) is 11.5 Å². The minimum absolute atomic E-state index is 0.0282. The summed E-state index contributed by atoms with van der Waals surface area (Å²) in [5.41, 5.74) is 0.703. The molecule has 0 unspecified atom stereocenters. The van der Waals surface area contributed by atoms with Gasteiger partial charge in [-0.1, -0.05) is 6.07 Å². The van der Waals surface area contributed by atoms with E-state index in [4.69, 9.17) is 14.6 Å². The summed E-state index contributed by atoms with van der Waals surface area (Å²) in [7, 11) is 1.49. The first-order valence-corrected chi connectivity index (χ1v) is 8.95. The minimum atomic E-state index is -1.11. The van der Waals surface area contributed by atoms with E-state index in [2.05, 4.69) is 21.2 Å². The van der Waals surface area contributed by atoms with E-state index in [0.29, 0.717) is 28.1 Å². The molecule has 8 heteroatoms. The lowest BCUT2D eigenvalue weighted by Crippen LogP contribution is -2.14. The first-order chi connectivity index (χ1) is 13.4. The lowest BCUT2D eigenvalue weighted by atomic mass is 10.1. The Balaban J connectivity index is 2.32. The van der Waals surface area contributed by atoms with Crippen molar-refractivity contribution in [2.75, 3.05) is 19.0 Å². The second-order valence-corrected chi connectivity index (χ2v) is 6.33. The maximum atomic E-state index is 12.4. The van der Waals surface area contributed by atoms with Gasteiger partial charge in [0, 0.05) is 5.69 Å². The number of aromatic carboxylic acids is 1. The third kappa shape index (κ3) is 5.11. The molecule has 0 radical (unpaired) electrons. The molecule has 0 bridgehead atoms. The molecular weight excluding hydrogens is 428 g/mol. The van der Waals surface area contributed by atoms with Gasteiger partial charge in [0.2, 0.25) is 0 Å². The van der Waals surface area contributed by atoms with E-state index in [1.54, 1.807) is 12.1 Å². The molecule has 0 atom stereocenters. The van der Waals surface area contributed by atoms with Gasteiger partial charge in [0.15, 0.2) is 11.5 Å². The molecule has 2 aromatic rings. The molecule has 28 heavy (non-hydrogen) atoms. The number of nitrogens with one attached hydrogen (secondary N) is 1. The number of hydrogen-bond donors (Lipinski definition) is 2. The third-order valence-electron chi connectivity index (χ3n) is 3.58. The summed E-state index contributed by atoms with van der Waals surface area (Å²) in [6.07, 6.45) is 1.40. The summed E-state index contributed by atoms with van der Waals surface area (Å²) in [5, 5.41) is 20.9. The lowest BCUT2D eigenvalue weighted by molar-refractivity contribution is -0.112. The number of carboxylic acid groups (broad SMARTS) is 1. The Hall–Kier alpha value is -3.31. The maximum absolute atomic E-state index is 12.4. The molecule has 2 aromatic carbocycles.